The highest BCUT2D eigenvalue weighted by Gasteiger charge is 2.00. The Kier molecular flexibility index (Phi) is 3.69. The van der Waals surface area contributed by atoms with E-state index in [0.29, 0.717) is 0 Å². The smallest absolute Gasteiger partial charge is 0.337 e. The monoisotopic (exact) mass is 182 g/mol. The van der Waals surface area contributed by atoms with Crippen LogP contribution in [0.15, 0.2) is 12.7 Å². The Morgan fingerprint density at radius 2 is 1.55 bits per heavy atom. The van der Waals surface area contributed by atoms with Crippen molar-refractivity contribution in [1.82, 2.24) is 14.9 Å². The van der Waals surface area contributed by atoms with Gasteiger partial charge in [0.25, 0.3) is 0 Å². The molecule has 64 valence electrons. The average Bonchev–Trinajstić information content (AvgIpc) is 2.12. The molecule has 11 heavy (non-hydrogen) atoms. The van der Waals surface area contributed by atoms with Crippen LogP contribution in [-0.2, 0) is 4.57 Å². The van der Waals surface area contributed by atoms with Crippen LogP contribution in [0.3, 0.4) is 0 Å². The fourth-order valence-electron chi connectivity index (χ4n) is 0.209. The third-order valence-electron chi connectivity index (χ3n) is 0.437. The molecule has 0 aliphatic carbocycles. The Bertz CT molecular complexity index is 220. The molecular formula is C2H7N4O4P. The summed E-state index contributed by atoms with van der Waals surface area (Å²) >= 11 is 0. The molecule has 0 saturated carbocycles. The summed E-state index contributed by atoms with van der Waals surface area (Å²) in [4.78, 5) is 21.6. The Morgan fingerprint density at radius 1 is 1.27 bits per heavy atom. The topological polar surface area (TPSA) is 134 Å². The summed E-state index contributed by atoms with van der Waals surface area (Å²) in [6, 6.07) is 0. The van der Waals surface area contributed by atoms with Crippen molar-refractivity contribution in [2.24, 2.45) is 0 Å². The molecule has 1 heterocycles. The molecule has 0 bridgehead atoms. The minimum Gasteiger partial charge on any atom is -0.337 e. The van der Waals surface area contributed by atoms with Gasteiger partial charge in [0.2, 0.25) is 0 Å². The quantitative estimate of drug-likeness (QED) is 0.271. The van der Waals surface area contributed by atoms with Crippen molar-refractivity contribution in [3.05, 3.63) is 12.7 Å². The molecule has 0 saturated heterocycles. The second-order valence-electron chi connectivity index (χ2n) is 1.42. The van der Waals surface area contributed by atoms with Crippen molar-refractivity contribution >= 4 is 7.82 Å². The molecule has 5 N–H and O–H groups in total. The lowest BCUT2D eigenvalue weighted by molar-refractivity contribution is 0.275. The Hall–Kier alpha value is -0.950. The molecule has 0 aliphatic rings. The third kappa shape index (κ3) is 12.3. The van der Waals surface area contributed by atoms with Crippen molar-refractivity contribution in [2.75, 3.05) is 5.84 Å². The van der Waals surface area contributed by atoms with Gasteiger partial charge < -0.3 is 20.5 Å². The third-order valence-corrected chi connectivity index (χ3v) is 0.437. The molecule has 0 fully saturated rings. The molecule has 0 aliphatic heterocycles. The first kappa shape index (κ1) is 10.0. The van der Waals surface area contributed by atoms with Crippen molar-refractivity contribution in [3.63, 3.8) is 0 Å². The summed E-state index contributed by atoms with van der Waals surface area (Å²) in [7, 11) is -4.64. The van der Waals surface area contributed by atoms with Crippen LogP contribution in [0.1, 0.15) is 0 Å². The summed E-state index contributed by atoms with van der Waals surface area (Å²) in [6.07, 6.45) is 2.83. The highest BCUT2D eigenvalue weighted by atomic mass is 31.2. The number of nitrogens with zero attached hydrogens (tertiary/aromatic N) is 3. The number of hydrogen-bond donors (Lipinski definition) is 4. The Labute approximate surface area is 61.5 Å². The second kappa shape index (κ2) is 4.04. The molecule has 0 amide bonds. The van der Waals surface area contributed by atoms with Crippen LogP contribution >= 0.6 is 7.82 Å². The largest absolute Gasteiger partial charge is 0.466 e. The lowest BCUT2D eigenvalue weighted by atomic mass is 11.3. The molecule has 1 rings (SSSR count). The van der Waals surface area contributed by atoms with Gasteiger partial charge in [0, 0.05) is 0 Å². The highest BCUT2D eigenvalue weighted by molar-refractivity contribution is 7.45. The van der Waals surface area contributed by atoms with Crippen molar-refractivity contribution < 1.29 is 19.2 Å². The van der Waals surface area contributed by atoms with Gasteiger partial charge in [-0.3, -0.25) is 0 Å². The van der Waals surface area contributed by atoms with E-state index in [0.717, 1.165) is 0 Å². The molecule has 0 atom stereocenters. The van der Waals surface area contributed by atoms with E-state index in [1.54, 1.807) is 0 Å². The Morgan fingerprint density at radius 3 is 1.64 bits per heavy atom. The number of phosphoric acid groups is 1. The fraction of sp³-hybridized carbons (Fsp3) is 0. The molecule has 0 unspecified atom stereocenters. The molecule has 0 radical (unpaired) electrons. The SMILES string of the molecule is Nn1cnnc1.O=P(O)(O)O. The summed E-state index contributed by atoms with van der Waals surface area (Å²) in [6.45, 7) is 0. The van der Waals surface area contributed by atoms with Gasteiger partial charge in [-0.1, -0.05) is 0 Å². The van der Waals surface area contributed by atoms with Crippen LogP contribution in [-0.4, -0.2) is 29.6 Å². The first-order valence-electron chi connectivity index (χ1n) is 2.27. The maximum atomic E-state index is 8.88. The van der Waals surface area contributed by atoms with E-state index in [1.807, 2.05) is 0 Å². The van der Waals surface area contributed by atoms with E-state index in [2.05, 4.69) is 10.2 Å². The molecule has 1 aromatic rings. The van der Waals surface area contributed by atoms with Crippen LogP contribution in [0.4, 0.5) is 0 Å². The number of nitrogens with two attached hydrogens (primary N) is 1. The van der Waals surface area contributed by atoms with Gasteiger partial charge in [0.05, 0.1) is 0 Å². The van der Waals surface area contributed by atoms with Gasteiger partial charge in [0.1, 0.15) is 12.7 Å². The summed E-state index contributed by atoms with van der Waals surface area (Å²) in [5.74, 6) is 5.07. The zero-order valence-corrected chi connectivity index (χ0v) is 6.17. The first-order chi connectivity index (χ1) is 4.89. The number of rotatable bonds is 0. The van der Waals surface area contributed by atoms with Crippen LogP contribution in [0, 0.1) is 0 Å². The van der Waals surface area contributed by atoms with Crippen LogP contribution < -0.4 is 5.84 Å². The summed E-state index contributed by atoms with van der Waals surface area (Å²) in [5, 5.41) is 6.82. The first-order valence-corrected chi connectivity index (χ1v) is 3.84. The summed E-state index contributed by atoms with van der Waals surface area (Å²) < 4.78 is 10.2. The maximum Gasteiger partial charge on any atom is 0.466 e. The second-order valence-corrected chi connectivity index (χ2v) is 2.45. The zero-order chi connectivity index (χ0) is 8.91. The van der Waals surface area contributed by atoms with Crippen LogP contribution in [0.25, 0.3) is 0 Å². The lowest BCUT2D eigenvalue weighted by Gasteiger charge is -1.82. The Balaban J connectivity index is 0.000000187. The number of nitrogen functional groups attached to an aromatic ring is 1. The predicted octanol–water partition coefficient (Wildman–Crippen LogP) is -1.94. The number of aromatic nitrogens is 3. The summed E-state index contributed by atoms with van der Waals surface area (Å²) in [5.41, 5.74) is 0. The number of hydrogen-bond acceptors (Lipinski definition) is 4. The van der Waals surface area contributed by atoms with E-state index in [-0.39, 0.29) is 0 Å². The molecular weight excluding hydrogens is 175 g/mol. The zero-order valence-electron chi connectivity index (χ0n) is 5.27. The molecule has 0 spiro atoms. The van der Waals surface area contributed by atoms with Gasteiger partial charge in [-0.05, 0) is 0 Å². The van der Waals surface area contributed by atoms with Crippen molar-refractivity contribution in [3.8, 4) is 0 Å². The average molecular weight is 182 g/mol. The standard InChI is InChI=1S/C2H4N4.H3O4P/c3-6-1-4-5-2-6;1-5(2,3)4/h1-2H,3H2;(H3,1,2,3,4). The van der Waals surface area contributed by atoms with Gasteiger partial charge in [-0.25, -0.2) is 9.24 Å². The maximum absolute atomic E-state index is 8.88. The minimum atomic E-state index is -4.64. The van der Waals surface area contributed by atoms with E-state index < -0.39 is 7.82 Å². The van der Waals surface area contributed by atoms with Crippen LogP contribution in [0.5, 0.6) is 0 Å². The van der Waals surface area contributed by atoms with E-state index in [1.165, 1.54) is 17.3 Å². The van der Waals surface area contributed by atoms with Crippen molar-refractivity contribution in [2.45, 2.75) is 0 Å². The predicted molar refractivity (Wildman–Crippen MR) is 34.4 cm³/mol. The fourth-order valence-corrected chi connectivity index (χ4v) is 0.209. The normalized spacial score (nSPS) is 10.1. The molecule has 8 nitrogen and oxygen atoms in total. The van der Waals surface area contributed by atoms with Crippen molar-refractivity contribution in [1.29, 1.82) is 0 Å². The highest BCUT2D eigenvalue weighted by Crippen LogP contribution is 2.25. The minimum absolute atomic E-state index is 1.28. The van der Waals surface area contributed by atoms with Crippen LogP contribution in [0.2, 0.25) is 0 Å². The van der Waals surface area contributed by atoms with Gasteiger partial charge in [0.15, 0.2) is 0 Å². The van der Waals surface area contributed by atoms with E-state index >= 15 is 0 Å². The van der Waals surface area contributed by atoms with E-state index in [9.17, 15) is 0 Å². The van der Waals surface area contributed by atoms with E-state index in [4.69, 9.17) is 25.1 Å². The molecule has 9 heteroatoms. The molecule has 1 aromatic heterocycles. The van der Waals surface area contributed by atoms with Gasteiger partial charge in [-0.15, -0.1) is 10.2 Å². The lowest BCUT2D eigenvalue weighted by Crippen LogP contribution is -2.02. The molecule has 0 aromatic carbocycles. The van der Waals surface area contributed by atoms with Gasteiger partial charge >= 0.3 is 7.82 Å². The van der Waals surface area contributed by atoms with Gasteiger partial charge in [-0.2, -0.15) is 0 Å².